The molecule has 2 amide bonds. The summed E-state index contributed by atoms with van der Waals surface area (Å²) >= 11 is 1.63. The van der Waals surface area contributed by atoms with Gasteiger partial charge in [0.2, 0.25) is 0 Å². The summed E-state index contributed by atoms with van der Waals surface area (Å²) in [5.74, 6) is 0.687. The molecule has 2 aliphatic rings. The normalized spacial score (nSPS) is 21.9. The van der Waals surface area contributed by atoms with E-state index in [-0.39, 0.29) is 12.1 Å². The Hall–Kier alpha value is -1.71. The zero-order valence-corrected chi connectivity index (χ0v) is 22.4. The average Bonchev–Trinajstić information content (AvgIpc) is 3.39. The number of morpholine rings is 1. The van der Waals surface area contributed by atoms with Crippen molar-refractivity contribution in [1.82, 2.24) is 10.2 Å². The molecule has 36 heavy (non-hydrogen) atoms. The zero-order valence-electron chi connectivity index (χ0n) is 21.6. The highest BCUT2D eigenvalue weighted by atomic mass is 32.1. The molecule has 2 aromatic rings. The maximum atomic E-state index is 13.1. The first kappa shape index (κ1) is 27.3. The highest BCUT2D eigenvalue weighted by Crippen LogP contribution is 2.40. The van der Waals surface area contributed by atoms with Crippen molar-refractivity contribution in [3.05, 3.63) is 35.2 Å². The molecule has 0 bridgehead atoms. The van der Waals surface area contributed by atoms with Gasteiger partial charge in [0.1, 0.15) is 11.7 Å². The molecule has 0 radical (unpaired) electrons. The Morgan fingerprint density at radius 1 is 1.31 bits per heavy atom. The molecule has 8 heteroatoms. The van der Waals surface area contributed by atoms with Crippen molar-refractivity contribution in [2.45, 2.75) is 75.5 Å². The monoisotopic (exact) mass is 517 g/mol. The fraction of sp³-hybridized carbons (Fsp3) is 0.679. The topological polar surface area (TPSA) is 97.1 Å². The highest BCUT2D eigenvalue weighted by Gasteiger charge is 2.43. The number of carbonyl (C=O) groups is 1. The summed E-state index contributed by atoms with van der Waals surface area (Å²) in [4.78, 5) is 14.9. The lowest BCUT2D eigenvalue weighted by Gasteiger charge is -2.42. The van der Waals surface area contributed by atoms with Crippen LogP contribution < -0.4 is 11.1 Å². The summed E-state index contributed by atoms with van der Waals surface area (Å²) in [6.45, 7) is 2.37. The second-order valence-electron chi connectivity index (χ2n) is 10.5. The SMILES string of the molecule is COCCCCC(O)(c1cccc2ccsc12)C1CN(C(=O)NC[C@@H](N)CC2CCCCC2)CCO1. The summed E-state index contributed by atoms with van der Waals surface area (Å²) in [7, 11) is 1.69. The molecule has 0 spiro atoms. The third kappa shape index (κ3) is 6.78. The second kappa shape index (κ2) is 13.2. The third-order valence-electron chi connectivity index (χ3n) is 7.86. The second-order valence-corrected chi connectivity index (χ2v) is 11.4. The van der Waals surface area contributed by atoms with E-state index in [0.29, 0.717) is 45.2 Å². The van der Waals surface area contributed by atoms with Gasteiger partial charge in [-0.05, 0) is 48.4 Å². The number of hydrogen-bond donors (Lipinski definition) is 3. The van der Waals surface area contributed by atoms with Crippen LogP contribution in [0.15, 0.2) is 29.6 Å². The maximum Gasteiger partial charge on any atom is 0.317 e. The molecule has 3 atom stereocenters. The van der Waals surface area contributed by atoms with Crippen LogP contribution in [0.5, 0.6) is 0 Å². The summed E-state index contributed by atoms with van der Waals surface area (Å²) in [6.07, 6.45) is 9.10. The van der Waals surface area contributed by atoms with Gasteiger partial charge in [-0.1, -0.05) is 50.3 Å². The Morgan fingerprint density at radius 2 is 2.14 bits per heavy atom. The van der Waals surface area contributed by atoms with Crippen molar-refractivity contribution in [3.63, 3.8) is 0 Å². The van der Waals surface area contributed by atoms with E-state index < -0.39 is 11.7 Å². The Bertz CT molecular complexity index is 963. The van der Waals surface area contributed by atoms with Gasteiger partial charge in [-0.25, -0.2) is 4.79 Å². The lowest BCUT2D eigenvalue weighted by atomic mass is 9.82. The van der Waals surface area contributed by atoms with E-state index in [4.69, 9.17) is 15.2 Å². The molecular formula is C28H43N3O4S. The summed E-state index contributed by atoms with van der Waals surface area (Å²) in [5.41, 5.74) is 6.05. The van der Waals surface area contributed by atoms with Gasteiger partial charge in [0.15, 0.2) is 0 Å². The lowest BCUT2D eigenvalue weighted by Crippen LogP contribution is -2.57. The molecule has 7 nitrogen and oxygen atoms in total. The number of amides is 2. The third-order valence-corrected chi connectivity index (χ3v) is 8.83. The number of hydrogen-bond acceptors (Lipinski definition) is 6. The molecule has 200 valence electrons. The lowest BCUT2D eigenvalue weighted by molar-refractivity contribution is -0.145. The van der Waals surface area contributed by atoms with Crippen LogP contribution in [-0.2, 0) is 15.1 Å². The van der Waals surface area contributed by atoms with Crippen LogP contribution >= 0.6 is 11.3 Å². The molecule has 1 aromatic carbocycles. The van der Waals surface area contributed by atoms with Crippen LogP contribution in [-0.4, -0.2) is 68.1 Å². The number of nitrogens with one attached hydrogen (secondary N) is 1. The molecule has 4 rings (SSSR count). The minimum Gasteiger partial charge on any atom is -0.385 e. The molecule has 1 saturated carbocycles. The van der Waals surface area contributed by atoms with Gasteiger partial charge >= 0.3 is 6.03 Å². The van der Waals surface area contributed by atoms with Crippen LogP contribution in [0, 0.1) is 5.92 Å². The van der Waals surface area contributed by atoms with Gasteiger partial charge in [-0.3, -0.25) is 0 Å². The number of thiophene rings is 1. The van der Waals surface area contributed by atoms with E-state index >= 15 is 0 Å². The van der Waals surface area contributed by atoms with Crippen LogP contribution in [0.2, 0.25) is 0 Å². The Balaban J connectivity index is 1.41. The minimum atomic E-state index is -1.20. The number of urea groups is 1. The molecule has 2 fully saturated rings. The zero-order chi connectivity index (χ0) is 25.4. The van der Waals surface area contributed by atoms with Crippen molar-refractivity contribution < 1.29 is 19.4 Å². The van der Waals surface area contributed by atoms with E-state index in [9.17, 15) is 9.90 Å². The number of methoxy groups -OCH3 is 1. The van der Waals surface area contributed by atoms with E-state index in [1.807, 2.05) is 12.1 Å². The van der Waals surface area contributed by atoms with E-state index in [0.717, 1.165) is 34.9 Å². The highest BCUT2D eigenvalue weighted by molar-refractivity contribution is 7.17. The van der Waals surface area contributed by atoms with E-state index in [1.54, 1.807) is 23.3 Å². The number of nitrogens with two attached hydrogens (primary N) is 1. The fourth-order valence-electron chi connectivity index (χ4n) is 5.83. The summed E-state index contributed by atoms with van der Waals surface area (Å²) < 4.78 is 12.5. The van der Waals surface area contributed by atoms with Crippen molar-refractivity contribution in [3.8, 4) is 0 Å². The molecule has 1 aliphatic heterocycles. The van der Waals surface area contributed by atoms with Crippen molar-refractivity contribution in [2.75, 3.05) is 40.0 Å². The Kier molecular flexibility index (Phi) is 10.0. The maximum absolute atomic E-state index is 13.1. The number of carbonyl (C=O) groups excluding carboxylic acids is 1. The molecule has 4 N–H and O–H groups in total. The van der Waals surface area contributed by atoms with Crippen LogP contribution in [0.4, 0.5) is 4.79 Å². The van der Waals surface area contributed by atoms with Gasteiger partial charge in [0.25, 0.3) is 0 Å². The van der Waals surface area contributed by atoms with Gasteiger partial charge in [-0.2, -0.15) is 0 Å². The number of nitrogens with zero attached hydrogens (tertiary/aromatic N) is 1. The first-order chi connectivity index (χ1) is 17.5. The Labute approximate surface area is 219 Å². The largest absolute Gasteiger partial charge is 0.385 e. The number of unbranched alkanes of at least 4 members (excludes halogenated alkanes) is 1. The van der Waals surface area contributed by atoms with Gasteiger partial charge < -0.3 is 30.5 Å². The van der Waals surface area contributed by atoms with Crippen LogP contribution in [0.1, 0.15) is 63.4 Å². The number of benzene rings is 1. The van der Waals surface area contributed by atoms with Gasteiger partial charge in [0, 0.05) is 43.1 Å². The number of ether oxygens (including phenoxy) is 2. The van der Waals surface area contributed by atoms with Gasteiger partial charge in [-0.15, -0.1) is 11.3 Å². The molecule has 1 aromatic heterocycles. The van der Waals surface area contributed by atoms with E-state index in [1.165, 1.54) is 32.1 Å². The van der Waals surface area contributed by atoms with Crippen molar-refractivity contribution in [1.29, 1.82) is 0 Å². The molecule has 2 heterocycles. The molecule has 1 saturated heterocycles. The van der Waals surface area contributed by atoms with Crippen molar-refractivity contribution in [2.24, 2.45) is 11.7 Å². The van der Waals surface area contributed by atoms with Crippen LogP contribution in [0.25, 0.3) is 10.1 Å². The van der Waals surface area contributed by atoms with Gasteiger partial charge in [0.05, 0.1) is 13.2 Å². The predicted octanol–water partition coefficient (Wildman–Crippen LogP) is 4.61. The standard InChI is InChI=1S/C28H43N3O4S/c1-34-15-6-5-13-28(33,24-11-7-10-22-12-17-36-26(22)24)25-20-31(14-16-35-25)27(32)30-19-23(29)18-21-8-3-2-4-9-21/h7,10-12,17,21,23,25,33H,2-6,8-9,13-16,18-20,29H2,1H3,(H,30,32)/t23-,25?,28?/m0/s1. The first-order valence-corrected chi connectivity index (χ1v) is 14.5. The summed E-state index contributed by atoms with van der Waals surface area (Å²) in [6, 6.07) is 7.99. The molecule has 2 unspecified atom stereocenters. The van der Waals surface area contributed by atoms with Crippen LogP contribution in [0.3, 0.4) is 0 Å². The van der Waals surface area contributed by atoms with E-state index in [2.05, 4.69) is 22.8 Å². The minimum absolute atomic E-state index is 0.0250. The number of rotatable bonds is 11. The number of fused-ring (bicyclic) bond motifs is 1. The Morgan fingerprint density at radius 3 is 2.94 bits per heavy atom. The predicted molar refractivity (Wildman–Crippen MR) is 145 cm³/mol. The molecular weight excluding hydrogens is 474 g/mol. The quantitative estimate of drug-likeness (QED) is 0.378. The fourth-order valence-corrected chi connectivity index (χ4v) is 6.83. The number of aliphatic hydroxyl groups is 1. The molecule has 1 aliphatic carbocycles. The van der Waals surface area contributed by atoms with Crippen molar-refractivity contribution >= 4 is 27.5 Å². The smallest absolute Gasteiger partial charge is 0.317 e. The average molecular weight is 518 g/mol. The summed E-state index contributed by atoms with van der Waals surface area (Å²) in [5, 5.41) is 18.4. The first-order valence-electron chi connectivity index (χ1n) is 13.6.